The molecule has 0 radical (unpaired) electrons. The van der Waals surface area contributed by atoms with Crippen LogP contribution in [0.15, 0.2) is 18.3 Å². The summed E-state index contributed by atoms with van der Waals surface area (Å²) in [6.45, 7) is 1.73. The Morgan fingerprint density at radius 2 is 2.24 bits per heavy atom. The van der Waals surface area contributed by atoms with E-state index in [1.165, 1.54) is 6.20 Å². The summed E-state index contributed by atoms with van der Waals surface area (Å²) in [6, 6.07) is 3.22. The highest BCUT2D eigenvalue weighted by Crippen LogP contribution is 2.06. The van der Waals surface area contributed by atoms with Gasteiger partial charge in [0.05, 0.1) is 0 Å². The predicted molar refractivity (Wildman–Crippen MR) is 69.4 cm³/mol. The van der Waals surface area contributed by atoms with E-state index in [-0.39, 0.29) is 5.91 Å². The molecule has 5 heteroatoms. The van der Waals surface area contributed by atoms with E-state index in [0.717, 1.165) is 19.4 Å². The standard InChI is InChI=1S/C12H18ClN3O/c1-16(2)8-4-3-6-15-12(17)10-5-7-14-11(13)9-10/h5,7,9H,3-4,6,8H2,1-2H3,(H,15,17). The van der Waals surface area contributed by atoms with Gasteiger partial charge >= 0.3 is 0 Å². The summed E-state index contributed by atoms with van der Waals surface area (Å²) < 4.78 is 0. The molecule has 1 N–H and O–H groups in total. The molecule has 1 rings (SSSR count). The van der Waals surface area contributed by atoms with Crippen molar-refractivity contribution in [1.82, 2.24) is 15.2 Å². The fraction of sp³-hybridized carbons (Fsp3) is 0.500. The highest BCUT2D eigenvalue weighted by molar-refractivity contribution is 6.29. The van der Waals surface area contributed by atoms with Crippen LogP contribution in [-0.2, 0) is 0 Å². The lowest BCUT2D eigenvalue weighted by molar-refractivity contribution is 0.0952. The molecule has 1 heterocycles. The van der Waals surface area contributed by atoms with Gasteiger partial charge in [-0.15, -0.1) is 0 Å². The van der Waals surface area contributed by atoms with Gasteiger partial charge in [-0.25, -0.2) is 4.98 Å². The average Bonchev–Trinajstić information content (AvgIpc) is 2.28. The first-order chi connectivity index (χ1) is 8.09. The molecule has 94 valence electrons. The van der Waals surface area contributed by atoms with Gasteiger partial charge in [0.2, 0.25) is 0 Å². The minimum absolute atomic E-state index is 0.0980. The Hall–Kier alpha value is -1.13. The highest BCUT2D eigenvalue weighted by Gasteiger charge is 2.05. The molecule has 0 saturated heterocycles. The molecule has 1 aromatic heterocycles. The van der Waals surface area contributed by atoms with Crippen molar-refractivity contribution in [3.8, 4) is 0 Å². The molecule has 0 aliphatic carbocycles. The van der Waals surface area contributed by atoms with E-state index in [1.807, 2.05) is 14.1 Å². The predicted octanol–water partition coefficient (Wildman–Crippen LogP) is 1.81. The maximum Gasteiger partial charge on any atom is 0.251 e. The van der Waals surface area contributed by atoms with E-state index in [1.54, 1.807) is 12.1 Å². The largest absolute Gasteiger partial charge is 0.352 e. The Bertz CT molecular complexity index is 369. The third-order valence-corrected chi connectivity index (χ3v) is 2.51. The molecule has 0 bridgehead atoms. The zero-order valence-corrected chi connectivity index (χ0v) is 11.0. The average molecular weight is 256 g/mol. The Kier molecular flexibility index (Phi) is 5.94. The topological polar surface area (TPSA) is 45.2 Å². The van der Waals surface area contributed by atoms with Crippen LogP contribution in [0.1, 0.15) is 23.2 Å². The number of hydrogen-bond donors (Lipinski definition) is 1. The van der Waals surface area contributed by atoms with Crippen LogP contribution in [0.4, 0.5) is 0 Å². The molecule has 0 aliphatic heterocycles. The third-order valence-electron chi connectivity index (χ3n) is 2.31. The second kappa shape index (κ2) is 7.25. The lowest BCUT2D eigenvalue weighted by Gasteiger charge is -2.09. The molecule has 0 saturated carbocycles. The summed E-state index contributed by atoms with van der Waals surface area (Å²) in [6.07, 6.45) is 3.58. The number of carbonyl (C=O) groups excluding carboxylic acids is 1. The first-order valence-electron chi connectivity index (χ1n) is 5.64. The molecule has 4 nitrogen and oxygen atoms in total. The van der Waals surface area contributed by atoms with Gasteiger partial charge < -0.3 is 10.2 Å². The molecule has 0 aliphatic rings. The summed E-state index contributed by atoms with van der Waals surface area (Å²) >= 11 is 5.71. The summed E-state index contributed by atoms with van der Waals surface area (Å²) in [4.78, 5) is 17.6. The summed E-state index contributed by atoms with van der Waals surface area (Å²) in [7, 11) is 4.08. The summed E-state index contributed by atoms with van der Waals surface area (Å²) in [5.41, 5.74) is 0.553. The number of aromatic nitrogens is 1. The van der Waals surface area contributed by atoms with E-state index in [4.69, 9.17) is 11.6 Å². The van der Waals surface area contributed by atoms with Gasteiger partial charge in [-0.3, -0.25) is 4.79 Å². The minimum Gasteiger partial charge on any atom is -0.352 e. The van der Waals surface area contributed by atoms with Crippen LogP contribution in [0, 0.1) is 0 Å². The Morgan fingerprint density at radius 1 is 1.47 bits per heavy atom. The first kappa shape index (κ1) is 13.9. The van der Waals surface area contributed by atoms with Gasteiger partial charge in [0.15, 0.2) is 0 Å². The number of rotatable bonds is 6. The zero-order chi connectivity index (χ0) is 12.7. The smallest absolute Gasteiger partial charge is 0.251 e. The van der Waals surface area contributed by atoms with E-state index in [2.05, 4.69) is 15.2 Å². The SMILES string of the molecule is CN(C)CCCCNC(=O)c1ccnc(Cl)c1. The number of amides is 1. The number of carbonyl (C=O) groups is 1. The van der Waals surface area contributed by atoms with Crippen LogP contribution in [0.25, 0.3) is 0 Å². The first-order valence-corrected chi connectivity index (χ1v) is 6.02. The molecule has 0 fully saturated rings. The van der Waals surface area contributed by atoms with Crippen LogP contribution < -0.4 is 5.32 Å². The molecule has 0 atom stereocenters. The van der Waals surface area contributed by atoms with Crippen molar-refractivity contribution in [2.75, 3.05) is 27.2 Å². The Balaban J connectivity index is 2.26. The second-order valence-corrected chi connectivity index (χ2v) is 4.52. The fourth-order valence-corrected chi connectivity index (χ4v) is 1.57. The van der Waals surface area contributed by atoms with E-state index in [9.17, 15) is 4.79 Å². The molecule has 1 amide bonds. The van der Waals surface area contributed by atoms with Gasteiger partial charge in [-0.1, -0.05) is 11.6 Å². The molecule has 0 spiro atoms. The minimum atomic E-state index is -0.0980. The van der Waals surface area contributed by atoms with Crippen molar-refractivity contribution >= 4 is 17.5 Å². The number of hydrogen-bond acceptors (Lipinski definition) is 3. The lowest BCUT2D eigenvalue weighted by atomic mass is 10.2. The Morgan fingerprint density at radius 3 is 2.88 bits per heavy atom. The number of halogens is 1. The van der Waals surface area contributed by atoms with Gasteiger partial charge in [0, 0.05) is 18.3 Å². The van der Waals surface area contributed by atoms with E-state index < -0.39 is 0 Å². The molecular formula is C12H18ClN3O. The van der Waals surface area contributed by atoms with Gasteiger partial charge in [0.1, 0.15) is 5.15 Å². The Labute approximate surface area is 107 Å². The molecule has 0 unspecified atom stereocenters. The highest BCUT2D eigenvalue weighted by atomic mass is 35.5. The molecule has 17 heavy (non-hydrogen) atoms. The van der Waals surface area contributed by atoms with Gasteiger partial charge in [0.25, 0.3) is 5.91 Å². The van der Waals surface area contributed by atoms with Crippen LogP contribution in [-0.4, -0.2) is 43.0 Å². The van der Waals surface area contributed by atoms with E-state index >= 15 is 0 Å². The summed E-state index contributed by atoms with van der Waals surface area (Å²) in [5, 5.41) is 3.19. The van der Waals surface area contributed by atoms with Crippen molar-refractivity contribution in [3.63, 3.8) is 0 Å². The normalized spacial score (nSPS) is 10.6. The zero-order valence-electron chi connectivity index (χ0n) is 10.2. The molecule has 0 aromatic carbocycles. The van der Waals surface area contributed by atoms with Crippen LogP contribution >= 0.6 is 11.6 Å². The number of pyridine rings is 1. The van der Waals surface area contributed by atoms with Crippen molar-refractivity contribution in [2.45, 2.75) is 12.8 Å². The van der Waals surface area contributed by atoms with Crippen LogP contribution in [0.3, 0.4) is 0 Å². The second-order valence-electron chi connectivity index (χ2n) is 4.13. The number of unbranched alkanes of at least 4 members (excludes halogenated alkanes) is 1. The van der Waals surface area contributed by atoms with Crippen molar-refractivity contribution in [3.05, 3.63) is 29.0 Å². The van der Waals surface area contributed by atoms with Crippen LogP contribution in [0.5, 0.6) is 0 Å². The van der Waals surface area contributed by atoms with Gasteiger partial charge in [-0.05, 0) is 45.6 Å². The number of nitrogens with one attached hydrogen (secondary N) is 1. The van der Waals surface area contributed by atoms with Crippen molar-refractivity contribution in [1.29, 1.82) is 0 Å². The third kappa shape index (κ3) is 5.65. The van der Waals surface area contributed by atoms with Gasteiger partial charge in [-0.2, -0.15) is 0 Å². The fourth-order valence-electron chi connectivity index (χ4n) is 1.40. The van der Waals surface area contributed by atoms with Crippen molar-refractivity contribution < 1.29 is 4.79 Å². The maximum atomic E-state index is 11.7. The quantitative estimate of drug-likeness (QED) is 0.623. The monoisotopic (exact) mass is 255 g/mol. The number of nitrogens with zero attached hydrogens (tertiary/aromatic N) is 2. The summed E-state index contributed by atoms with van der Waals surface area (Å²) in [5.74, 6) is -0.0980. The van der Waals surface area contributed by atoms with Crippen molar-refractivity contribution in [2.24, 2.45) is 0 Å². The lowest BCUT2D eigenvalue weighted by Crippen LogP contribution is -2.25. The molecule has 1 aromatic rings. The maximum absolute atomic E-state index is 11.7. The molecular weight excluding hydrogens is 238 g/mol. The van der Waals surface area contributed by atoms with Crippen LogP contribution in [0.2, 0.25) is 5.15 Å². The van der Waals surface area contributed by atoms with E-state index in [0.29, 0.717) is 17.3 Å².